The van der Waals surface area contributed by atoms with E-state index in [1.807, 2.05) is 31.2 Å². The molecule has 1 aliphatic heterocycles. The van der Waals surface area contributed by atoms with Crippen molar-refractivity contribution in [2.24, 2.45) is 0 Å². The van der Waals surface area contributed by atoms with Gasteiger partial charge >= 0.3 is 0 Å². The molecule has 7 heteroatoms. The van der Waals surface area contributed by atoms with Gasteiger partial charge in [-0.3, -0.25) is 4.90 Å². The SMILES string of the molecule is Cc1c(Cl)cccc1Nc1cc(NCCN2CCOCC2)ncn1. The minimum Gasteiger partial charge on any atom is -0.379 e. The summed E-state index contributed by atoms with van der Waals surface area (Å²) < 4.78 is 5.35. The van der Waals surface area contributed by atoms with Crippen LogP contribution in [0.3, 0.4) is 0 Å². The van der Waals surface area contributed by atoms with Crippen molar-refractivity contribution in [1.82, 2.24) is 14.9 Å². The van der Waals surface area contributed by atoms with Crippen LogP contribution in [0.2, 0.25) is 5.02 Å². The molecule has 2 heterocycles. The molecule has 0 radical (unpaired) electrons. The summed E-state index contributed by atoms with van der Waals surface area (Å²) in [6, 6.07) is 7.68. The molecule has 1 aromatic heterocycles. The number of nitrogens with zero attached hydrogens (tertiary/aromatic N) is 3. The fourth-order valence-electron chi connectivity index (χ4n) is 2.57. The Hall–Kier alpha value is -1.89. The molecule has 1 saturated heterocycles. The highest BCUT2D eigenvalue weighted by Crippen LogP contribution is 2.25. The molecule has 1 fully saturated rings. The zero-order chi connectivity index (χ0) is 16.8. The zero-order valence-corrected chi connectivity index (χ0v) is 14.5. The van der Waals surface area contributed by atoms with E-state index in [-0.39, 0.29) is 0 Å². The minimum atomic E-state index is 0.734. The maximum atomic E-state index is 6.16. The molecule has 24 heavy (non-hydrogen) atoms. The molecule has 1 aromatic carbocycles. The summed E-state index contributed by atoms with van der Waals surface area (Å²) >= 11 is 6.16. The number of nitrogens with one attached hydrogen (secondary N) is 2. The standard InChI is InChI=1S/C17H22ClN5O/c1-13-14(18)3-2-4-15(13)22-17-11-16(20-12-21-17)19-5-6-23-7-9-24-10-8-23/h2-4,11-12H,5-10H2,1H3,(H2,19,20,21,22). The van der Waals surface area contributed by atoms with Gasteiger partial charge in [-0.15, -0.1) is 0 Å². The number of benzene rings is 1. The van der Waals surface area contributed by atoms with Gasteiger partial charge in [0.25, 0.3) is 0 Å². The van der Waals surface area contributed by atoms with E-state index in [1.165, 1.54) is 0 Å². The summed E-state index contributed by atoms with van der Waals surface area (Å²) in [5, 5.41) is 7.37. The van der Waals surface area contributed by atoms with E-state index in [2.05, 4.69) is 25.5 Å². The lowest BCUT2D eigenvalue weighted by molar-refractivity contribution is 0.0398. The molecule has 6 nitrogen and oxygen atoms in total. The van der Waals surface area contributed by atoms with Crippen LogP contribution in [0.25, 0.3) is 0 Å². The Balaban J connectivity index is 1.56. The van der Waals surface area contributed by atoms with Crippen LogP contribution in [-0.2, 0) is 4.74 Å². The fourth-order valence-corrected chi connectivity index (χ4v) is 2.74. The normalized spacial score (nSPS) is 15.2. The Morgan fingerprint density at radius 1 is 1.21 bits per heavy atom. The molecule has 0 amide bonds. The maximum Gasteiger partial charge on any atom is 0.135 e. The van der Waals surface area contributed by atoms with Gasteiger partial charge in [-0.1, -0.05) is 17.7 Å². The highest BCUT2D eigenvalue weighted by Gasteiger charge is 2.09. The van der Waals surface area contributed by atoms with Crippen LogP contribution in [0, 0.1) is 6.92 Å². The van der Waals surface area contributed by atoms with Gasteiger partial charge in [0.15, 0.2) is 0 Å². The Bertz CT molecular complexity index is 676. The van der Waals surface area contributed by atoms with E-state index in [4.69, 9.17) is 16.3 Å². The number of ether oxygens (including phenoxy) is 1. The van der Waals surface area contributed by atoms with E-state index < -0.39 is 0 Å². The molecule has 3 rings (SSSR count). The number of aromatic nitrogens is 2. The quantitative estimate of drug-likeness (QED) is 0.837. The maximum absolute atomic E-state index is 6.16. The number of morpholine rings is 1. The number of hydrogen-bond donors (Lipinski definition) is 2. The Kier molecular flexibility index (Phi) is 5.85. The molecular weight excluding hydrogens is 326 g/mol. The zero-order valence-electron chi connectivity index (χ0n) is 13.8. The first kappa shape index (κ1) is 17.0. The van der Waals surface area contributed by atoms with E-state index in [0.29, 0.717) is 0 Å². The molecule has 0 spiro atoms. The van der Waals surface area contributed by atoms with Crippen molar-refractivity contribution in [2.45, 2.75) is 6.92 Å². The third kappa shape index (κ3) is 4.56. The molecule has 0 unspecified atom stereocenters. The van der Waals surface area contributed by atoms with Gasteiger partial charge < -0.3 is 15.4 Å². The summed E-state index contributed by atoms with van der Waals surface area (Å²) in [6.07, 6.45) is 1.55. The predicted octanol–water partition coefficient (Wildman–Crippen LogP) is 2.93. The van der Waals surface area contributed by atoms with E-state index >= 15 is 0 Å². The summed E-state index contributed by atoms with van der Waals surface area (Å²) in [6.45, 7) is 7.42. The third-order valence-electron chi connectivity index (χ3n) is 4.04. The largest absolute Gasteiger partial charge is 0.379 e. The second kappa shape index (κ2) is 8.28. The highest BCUT2D eigenvalue weighted by atomic mass is 35.5. The molecule has 2 N–H and O–H groups in total. The van der Waals surface area contributed by atoms with Gasteiger partial charge in [0.05, 0.1) is 13.2 Å². The van der Waals surface area contributed by atoms with Crippen molar-refractivity contribution in [3.8, 4) is 0 Å². The Morgan fingerprint density at radius 3 is 2.83 bits per heavy atom. The van der Waals surface area contributed by atoms with Crippen molar-refractivity contribution in [1.29, 1.82) is 0 Å². The van der Waals surface area contributed by atoms with E-state index in [0.717, 1.165) is 67.3 Å². The van der Waals surface area contributed by atoms with Gasteiger partial charge in [-0.25, -0.2) is 9.97 Å². The first-order valence-corrected chi connectivity index (χ1v) is 8.48. The monoisotopic (exact) mass is 347 g/mol. The van der Waals surface area contributed by atoms with Crippen molar-refractivity contribution >= 4 is 28.9 Å². The lowest BCUT2D eigenvalue weighted by Crippen LogP contribution is -2.39. The number of anilines is 3. The Morgan fingerprint density at radius 2 is 2.00 bits per heavy atom. The molecule has 2 aromatic rings. The van der Waals surface area contributed by atoms with E-state index in [1.54, 1.807) is 6.33 Å². The molecule has 1 aliphatic rings. The Labute approximate surface area is 147 Å². The van der Waals surface area contributed by atoms with Crippen LogP contribution in [-0.4, -0.2) is 54.3 Å². The van der Waals surface area contributed by atoms with Crippen LogP contribution in [0.1, 0.15) is 5.56 Å². The second-order valence-electron chi connectivity index (χ2n) is 5.71. The van der Waals surface area contributed by atoms with E-state index in [9.17, 15) is 0 Å². The minimum absolute atomic E-state index is 0.734. The predicted molar refractivity (Wildman–Crippen MR) is 97.3 cm³/mol. The van der Waals surface area contributed by atoms with Crippen molar-refractivity contribution in [3.63, 3.8) is 0 Å². The first-order chi connectivity index (χ1) is 11.7. The van der Waals surface area contributed by atoms with Crippen LogP contribution in [0.4, 0.5) is 17.3 Å². The van der Waals surface area contributed by atoms with Crippen molar-refractivity contribution in [3.05, 3.63) is 41.2 Å². The topological polar surface area (TPSA) is 62.3 Å². The average molecular weight is 348 g/mol. The molecule has 0 saturated carbocycles. The molecule has 0 bridgehead atoms. The van der Waals surface area contributed by atoms with Crippen molar-refractivity contribution < 1.29 is 4.74 Å². The van der Waals surface area contributed by atoms with Gasteiger partial charge in [-0.2, -0.15) is 0 Å². The molecule has 0 aliphatic carbocycles. The third-order valence-corrected chi connectivity index (χ3v) is 4.44. The van der Waals surface area contributed by atoms with Gasteiger partial charge in [-0.05, 0) is 24.6 Å². The summed E-state index contributed by atoms with van der Waals surface area (Å²) in [5.41, 5.74) is 1.94. The van der Waals surface area contributed by atoms with Crippen LogP contribution >= 0.6 is 11.6 Å². The lowest BCUT2D eigenvalue weighted by Gasteiger charge is -2.26. The smallest absolute Gasteiger partial charge is 0.135 e. The highest BCUT2D eigenvalue weighted by molar-refractivity contribution is 6.31. The summed E-state index contributed by atoms with van der Waals surface area (Å²) in [5.74, 6) is 1.55. The number of halogens is 1. The molecule has 0 atom stereocenters. The number of rotatable bonds is 6. The molecule has 128 valence electrons. The van der Waals surface area contributed by atoms with Crippen molar-refractivity contribution in [2.75, 3.05) is 50.0 Å². The van der Waals surface area contributed by atoms with Gasteiger partial charge in [0.2, 0.25) is 0 Å². The average Bonchev–Trinajstić information content (AvgIpc) is 2.60. The summed E-state index contributed by atoms with van der Waals surface area (Å²) in [7, 11) is 0. The lowest BCUT2D eigenvalue weighted by atomic mass is 10.2. The van der Waals surface area contributed by atoms with Gasteiger partial charge in [0, 0.05) is 43.0 Å². The van der Waals surface area contributed by atoms with Crippen LogP contribution in [0.15, 0.2) is 30.6 Å². The summed E-state index contributed by atoms with van der Waals surface area (Å²) in [4.78, 5) is 10.9. The second-order valence-corrected chi connectivity index (χ2v) is 6.11. The fraction of sp³-hybridized carbons (Fsp3) is 0.412. The molecular formula is C17H22ClN5O. The first-order valence-electron chi connectivity index (χ1n) is 8.10. The van der Waals surface area contributed by atoms with Crippen LogP contribution in [0.5, 0.6) is 0 Å². The number of hydrogen-bond acceptors (Lipinski definition) is 6. The van der Waals surface area contributed by atoms with Crippen LogP contribution < -0.4 is 10.6 Å². The van der Waals surface area contributed by atoms with Gasteiger partial charge in [0.1, 0.15) is 18.0 Å².